The van der Waals surface area contributed by atoms with Gasteiger partial charge in [-0.3, -0.25) is 4.79 Å². The Balaban J connectivity index is 1.76. The molecule has 0 aliphatic heterocycles. The fraction of sp³-hybridized carbons (Fsp3) is 0.545. The molecule has 0 saturated carbocycles. The van der Waals surface area contributed by atoms with Crippen LogP contribution in [-0.2, 0) is 7.05 Å². The molecular weight excluding hydrogens is 280 g/mol. The summed E-state index contributed by atoms with van der Waals surface area (Å²) in [5.74, 6) is 1.35. The number of aryl methyl sites for hydroxylation is 1. The summed E-state index contributed by atoms with van der Waals surface area (Å²) < 4.78 is 6.66. The third-order valence-corrected chi connectivity index (χ3v) is 3.54. The molecule has 1 N–H and O–H groups in total. The molecule has 2 rings (SSSR count). The van der Waals surface area contributed by atoms with E-state index in [1.54, 1.807) is 17.8 Å². The second kappa shape index (κ2) is 6.51. The first kappa shape index (κ1) is 14.5. The molecule has 0 fully saturated rings. The highest BCUT2D eigenvalue weighted by atomic mass is 32.2. The SMILES string of the molecule is CC(C)c1cc(C(=O)NCCSc2nnnn2C)no1. The summed E-state index contributed by atoms with van der Waals surface area (Å²) in [7, 11) is 1.77. The fourth-order valence-corrected chi connectivity index (χ4v) is 2.11. The van der Waals surface area contributed by atoms with Gasteiger partial charge >= 0.3 is 0 Å². The molecule has 20 heavy (non-hydrogen) atoms. The van der Waals surface area contributed by atoms with Gasteiger partial charge in [0.05, 0.1) is 0 Å². The van der Waals surface area contributed by atoms with Crippen molar-refractivity contribution in [1.82, 2.24) is 30.7 Å². The number of rotatable bonds is 6. The highest BCUT2D eigenvalue weighted by Gasteiger charge is 2.14. The number of aromatic nitrogens is 5. The van der Waals surface area contributed by atoms with Crippen molar-refractivity contribution in [3.63, 3.8) is 0 Å². The van der Waals surface area contributed by atoms with E-state index >= 15 is 0 Å². The Morgan fingerprint density at radius 2 is 2.35 bits per heavy atom. The van der Waals surface area contributed by atoms with Gasteiger partial charge in [0, 0.05) is 31.3 Å². The number of hydrogen-bond acceptors (Lipinski definition) is 7. The van der Waals surface area contributed by atoms with Crippen molar-refractivity contribution in [2.75, 3.05) is 12.3 Å². The second-order valence-corrected chi connectivity index (χ2v) is 5.52. The van der Waals surface area contributed by atoms with Crippen molar-refractivity contribution in [2.24, 2.45) is 7.05 Å². The van der Waals surface area contributed by atoms with Crippen LogP contribution in [0.5, 0.6) is 0 Å². The summed E-state index contributed by atoms with van der Waals surface area (Å²) in [4.78, 5) is 11.8. The molecule has 0 bridgehead atoms. The molecule has 0 unspecified atom stereocenters. The molecule has 0 aliphatic carbocycles. The Morgan fingerprint density at radius 1 is 1.55 bits per heavy atom. The average Bonchev–Trinajstić information content (AvgIpc) is 3.03. The third-order valence-electron chi connectivity index (χ3n) is 2.53. The maximum atomic E-state index is 11.8. The molecule has 0 radical (unpaired) electrons. The van der Waals surface area contributed by atoms with Gasteiger partial charge in [-0.05, 0) is 10.4 Å². The minimum Gasteiger partial charge on any atom is -0.360 e. The largest absolute Gasteiger partial charge is 0.360 e. The van der Waals surface area contributed by atoms with Crippen LogP contribution in [0.15, 0.2) is 15.7 Å². The van der Waals surface area contributed by atoms with Crippen LogP contribution in [0.4, 0.5) is 0 Å². The van der Waals surface area contributed by atoms with E-state index in [2.05, 4.69) is 26.0 Å². The quantitative estimate of drug-likeness (QED) is 0.623. The van der Waals surface area contributed by atoms with E-state index in [1.165, 1.54) is 11.8 Å². The van der Waals surface area contributed by atoms with Crippen molar-refractivity contribution >= 4 is 17.7 Å². The van der Waals surface area contributed by atoms with E-state index in [-0.39, 0.29) is 11.8 Å². The number of amides is 1. The fourth-order valence-electron chi connectivity index (χ4n) is 1.41. The standard InChI is InChI=1S/C11H16N6O2S/c1-7(2)9-6-8(14-19-9)10(18)12-4-5-20-11-13-15-16-17(11)3/h6-7H,4-5H2,1-3H3,(H,12,18). The molecule has 1 amide bonds. The van der Waals surface area contributed by atoms with Crippen LogP contribution in [-0.4, -0.2) is 43.6 Å². The number of carbonyl (C=O) groups excluding carboxylic acids is 1. The molecule has 0 atom stereocenters. The van der Waals surface area contributed by atoms with E-state index in [0.29, 0.717) is 28.9 Å². The first-order chi connectivity index (χ1) is 9.58. The lowest BCUT2D eigenvalue weighted by Gasteiger charge is -2.01. The van der Waals surface area contributed by atoms with Crippen molar-refractivity contribution in [1.29, 1.82) is 0 Å². The van der Waals surface area contributed by atoms with Crippen LogP contribution >= 0.6 is 11.8 Å². The number of nitrogens with one attached hydrogen (secondary N) is 1. The van der Waals surface area contributed by atoms with E-state index in [4.69, 9.17) is 4.52 Å². The molecule has 2 heterocycles. The Bertz CT molecular complexity index is 579. The summed E-state index contributed by atoms with van der Waals surface area (Å²) in [6.45, 7) is 4.46. The average molecular weight is 296 g/mol. The number of tetrazole rings is 1. The summed E-state index contributed by atoms with van der Waals surface area (Å²) >= 11 is 1.47. The predicted octanol–water partition coefficient (Wildman–Crippen LogP) is 0.844. The van der Waals surface area contributed by atoms with Crippen molar-refractivity contribution in [2.45, 2.75) is 24.9 Å². The second-order valence-electron chi connectivity index (χ2n) is 4.46. The van der Waals surface area contributed by atoms with Gasteiger partial charge in [-0.25, -0.2) is 4.68 Å². The van der Waals surface area contributed by atoms with Gasteiger partial charge in [-0.1, -0.05) is 30.8 Å². The van der Waals surface area contributed by atoms with Crippen LogP contribution in [0.3, 0.4) is 0 Å². The smallest absolute Gasteiger partial charge is 0.273 e. The van der Waals surface area contributed by atoms with E-state index in [9.17, 15) is 4.79 Å². The van der Waals surface area contributed by atoms with Gasteiger partial charge in [-0.2, -0.15) is 0 Å². The minimum atomic E-state index is -0.239. The zero-order valence-electron chi connectivity index (χ0n) is 11.5. The number of hydrogen-bond donors (Lipinski definition) is 1. The molecule has 0 saturated heterocycles. The van der Waals surface area contributed by atoms with Gasteiger partial charge in [0.2, 0.25) is 5.16 Å². The van der Waals surface area contributed by atoms with Gasteiger partial charge in [0.25, 0.3) is 5.91 Å². The zero-order valence-corrected chi connectivity index (χ0v) is 12.3. The van der Waals surface area contributed by atoms with E-state index in [1.807, 2.05) is 13.8 Å². The van der Waals surface area contributed by atoms with Crippen LogP contribution in [0.2, 0.25) is 0 Å². The van der Waals surface area contributed by atoms with Crippen molar-refractivity contribution in [3.05, 3.63) is 17.5 Å². The lowest BCUT2D eigenvalue weighted by atomic mass is 10.1. The molecule has 2 aromatic heterocycles. The molecule has 108 valence electrons. The first-order valence-corrected chi connectivity index (χ1v) is 7.16. The van der Waals surface area contributed by atoms with Gasteiger partial charge in [0.15, 0.2) is 5.69 Å². The normalized spacial score (nSPS) is 11.0. The Hall–Kier alpha value is -1.90. The monoisotopic (exact) mass is 296 g/mol. The lowest BCUT2D eigenvalue weighted by Crippen LogP contribution is -2.26. The summed E-state index contributed by atoms with van der Waals surface area (Å²) in [5.41, 5.74) is 0.305. The molecule has 8 nitrogen and oxygen atoms in total. The number of thioether (sulfide) groups is 1. The summed E-state index contributed by atoms with van der Waals surface area (Å²) in [6.07, 6.45) is 0. The molecule has 0 aliphatic rings. The highest BCUT2D eigenvalue weighted by molar-refractivity contribution is 7.99. The topological polar surface area (TPSA) is 98.7 Å². The number of nitrogens with zero attached hydrogens (tertiary/aromatic N) is 5. The van der Waals surface area contributed by atoms with Crippen LogP contribution < -0.4 is 5.32 Å². The molecular formula is C11H16N6O2S. The molecule has 0 aromatic carbocycles. The predicted molar refractivity (Wildman–Crippen MR) is 72.4 cm³/mol. The van der Waals surface area contributed by atoms with Crippen LogP contribution in [0.1, 0.15) is 36.0 Å². The minimum absolute atomic E-state index is 0.211. The third kappa shape index (κ3) is 3.56. The van der Waals surface area contributed by atoms with Gasteiger partial charge in [-0.15, -0.1) is 5.10 Å². The maximum absolute atomic E-state index is 11.8. The Labute approximate surface area is 120 Å². The Morgan fingerprint density at radius 3 is 2.95 bits per heavy atom. The number of carbonyl (C=O) groups is 1. The maximum Gasteiger partial charge on any atom is 0.273 e. The first-order valence-electron chi connectivity index (χ1n) is 6.18. The van der Waals surface area contributed by atoms with Gasteiger partial charge < -0.3 is 9.84 Å². The lowest BCUT2D eigenvalue weighted by molar-refractivity contribution is 0.0947. The van der Waals surface area contributed by atoms with Gasteiger partial charge in [0.1, 0.15) is 5.76 Å². The Kier molecular flexibility index (Phi) is 4.72. The molecule has 9 heteroatoms. The summed E-state index contributed by atoms with van der Waals surface area (Å²) in [5, 5.41) is 18.3. The molecule has 2 aromatic rings. The zero-order chi connectivity index (χ0) is 14.5. The summed E-state index contributed by atoms with van der Waals surface area (Å²) in [6, 6.07) is 1.67. The van der Waals surface area contributed by atoms with E-state index < -0.39 is 0 Å². The highest BCUT2D eigenvalue weighted by Crippen LogP contribution is 2.15. The van der Waals surface area contributed by atoms with Crippen molar-refractivity contribution in [3.8, 4) is 0 Å². The molecule has 0 spiro atoms. The van der Waals surface area contributed by atoms with Crippen molar-refractivity contribution < 1.29 is 9.32 Å². The van der Waals surface area contributed by atoms with Crippen LogP contribution in [0, 0.1) is 0 Å². The van der Waals surface area contributed by atoms with E-state index in [0.717, 1.165) is 0 Å². The van der Waals surface area contributed by atoms with Crippen LogP contribution in [0.25, 0.3) is 0 Å².